The molecule has 5 heteroatoms. The van der Waals surface area contributed by atoms with Crippen LogP contribution in [0.25, 0.3) is 0 Å². The number of aliphatic hydroxyl groups is 1. The molecule has 0 aliphatic rings. The smallest absolute Gasteiger partial charge is 0.337 e. The molecule has 0 aliphatic carbocycles. The van der Waals surface area contributed by atoms with E-state index in [1.54, 1.807) is 0 Å². The lowest BCUT2D eigenvalue weighted by Gasteiger charge is -2.17. The van der Waals surface area contributed by atoms with Crippen LogP contribution in [-0.2, 0) is 14.3 Å². The van der Waals surface area contributed by atoms with Crippen molar-refractivity contribution in [2.45, 2.75) is 32.3 Å². The first-order chi connectivity index (χ1) is 7.00. The van der Waals surface area contributed by atoms with Crippen LogP contribution in [0.15, 0.2) is 0 Å². The van der Waals surface area contributed by atoms with Crippen LogP contribution in [0.3, 0.4) is 0 Å². The lowest BCUT2D eigenvalue weighted by Crippen LogP contribution is -2.40. The summed E-state index contributed by atoms with van der Waals surface area (Å²) in [6, 6.07) is 0. The van der Waals surface area contributed by atoms with Crippen molar-refractivity contribution in [3.8, 4) is 0 Å². The summed E-state index contributed by atoms with van der Waals surface area (Å²) in [6.07, 6.45) is 2.08. The fourth-order valence-corrected chi connectivity index (χ4v) is 0.799. The molecule has 0 aromatic rings. The normalized spacial score (nSPS) is 14.9. The van der Waals surface area contributed by atoms with E-state index < -0.39 is 11.6 Å². The number of carboxylic acids is 1. The Balaban J connectivity index is 3.35. The summed E-state index contributed by atoms with van der Waals surface area (Å²) in [5.41, 5.74) is -1.82. The van der Waals surface area contributed by atoms with Crippen LogP contribution in [0.4, 0.5) is 0 Å². The van der Waals surface area contributed by atoms with E-state index in [0.29, 0.717) is 19.8 Å². The predicted molar refractivity (Wildman–Crippen MR) is 54.8 cm³/mol. The lowest BCUT2D eigenvalue weighted by atomic mass is 10.1. The van der Waals surface area contributed by atoms with E-state index in [4.69, 9.17) is 14.6 Å². The van der Waals surface area contributed by atoms with Gasteiger partial charge in [-0.05, 0) is 13.3 Å². The largest absolute Gasteiger partial charge is 0.479 e. The first-order valence-electron chi connectivity index (χ1n) is 5.12. The van der Waals surface area contributed by atoms with Gasteiger partial charge < -0.3 is 19.7 Å². The summed E-state index contributed by atoms with van der Waals surface area (Å²) in [4.78, 5) is 10.5. The highest BCUT2D eigenvalue weighted by atomic mass is 16.5. The van der Waals surface area contributed by atoms with Gasteiger partial charge in [-0.1, -0.05) is 13.3 Å². The third-order valence-corrected chi connectivity index (χ3v) is 1.86. The molecule has 0 aromatic heterocycles. The van der Waals surface area contributed by atoms with Crippen LogP contribution in [0.1, 0.15) is 26.7 Å². The Morgan fingerprint density at radius 2 is 1.87 bits per heavy atom. The Labute approximate surface area is 90.0 Å². The van der Waals surface area contributed by atoms with E-state index in [-0.39, 0.29) is 6.61 Å². The summed E-state index contributed by atoms with van der Waals surface area (Å²) >= 11 is 0. The van der Waals surface area contributed by atoms with Gasteiger partial charge in [-0.25, -0.2) is 4.79 Å². The molecule has 1 unspecified atom stereocenters. The number of ether oxygens (including phenoxy) is 2. The van der Waals surface area contributed by atoms with Gasteiger partial charge >= 0.3 is 5.97 Å². The number of carbonyl (C=O) groups is 1. The zero-order chi connectivity index (χ0) is 11.7. The van der Waals surface area contributed by atoms with Crippen molar-refractivity contribution in [3.05, 3.63) is 0 Å². The monoisotopic (exact) mass is 220 g/mol. The van der Waals surface area contributed by atoms with Crippen LogP contribution >= 0.6 is 0 Å². The molecular formula is C10H20O5. The highest BCUT2D eigenvalue weighted by Gasteiger charge is 2.29. The summed E-state index contributed by atoms with van der Waals surface area (Å²) in [6.45, 7) is 4.47. The summed E-state index contributed by atoms with van der Waals surface area (Å²) in [5.74, 6) is -1.28. The SMILES string of the molecule is CCCCOCCOCC(C)(O)C(=O)O. The molecule has 0 spiro atoms. The molecule has 0 aromatic carbocycles. The molecule has 0 bridgehead atoms. The number of hydrogen-bond donors (Lipinski definition) is 2. The Kier molecular flexibility index (Phi) is 7.29. The van der Waals surface area contributed by atoms with Gasteiger partial charge in [0.05, 0.1) is 19.8 Å². The highest BCUT2D eigenvalue weighted by Crippen LogP contribution is 2.03. The molecular weight excluding hydrogens is 200 g/mol. The molecule has 0 aliphatic heterocycles. The third-order valence-electron chi connectivity index (χ3n) is 1.86. The number of unbranched alkanes of at least 4 members (excludes halogenated alkanes) is 1. The molecule has 0 radical (unpaired) electrons. The van der Waals surface area contributed by atoms with Crippen molar-refractivity contribution in [1.29, 1.82) is 0 Å². The molecule has 0 rings (SSSR count). The van der Waals surface area contributed by atoms with Crippen molar-refractivity contribution in [2.75, 3.05) is 26.4 Å². The van der Waals surface area contributed by atoms with Crippen molar-refractivity contribution in [1.82, 2.24) is 0 Å². The maximum absolute atomic E-state index is 10.5. The molecule has 0 saturated heterocycles. The Morgan fingerprint density at radius 3 is 2.40 bits per heavy atom. The lowest BCUT2D eigenvalue weighted by molar-refractivity contribution is -0.163. The van der Waals surface area contributed by atoms with Crippen molar-refractivity contribution < 1.29 is 24.5 Å². The average molecular weight is 220 g/mol. The third kappa shape index (κ3) is 7.30. The first kappa shape index (κ1) is 14.3. The molecule has 0 heterocycles. The van der Waals surface area contributed by atoms with Crippen LogP contribution in [0, 0.1) is 0 Å². The van der Waals surface area contributed by atoms with E-state index >= 15 is 0 Å². The quantitative estimate of drug-likeness (QED) is 0.558. The van der Waals surface area contributed by atoms with Gasteiger partial charge in [-0.15, -0.1) is 0 Å². The van der Waals surface area contributed by atoms with Crippen molar-refractivity contribution in [2.24, 2.45) is 0 Å². The standard InChI is InChI=1S/C10H20O5/c1-3-4-5-14-6-7-15-8-10(2,13)9(11)12/h13H,3-8H2,1-2H3,(H,11,12). The van der Waals surface area contributed by atoms with Crippen LogP contribution in [-0.4, -0.2) is 48.2 Å². The van der Waals surface area contributed by atoms with Crippen molar-refractivity contribution in [3.63, 3.8) is 0 Å². The summed E-state index contributed by atoms with van der Waals surface area (Å²) in [5, 5.41) is 17.8. The van der Waals surface area contributed by atoms with E-state index in [9.17, 15) is 9.90 Å². The van der Waals surface area contributed by atoms with Gasteiger partial charge in [0.15, 0.2) is 5.60 Å². The molecule has 1 atom stereocenters. The van der Waals surface area contributed by atoms with Gasteiger partial charge in [0.2, 0.25) is 0 Å². The van der Waals surface area contributed by atoms with Gasteiger partial charge in [0, 0.05) is 6.61 Å². The van der Waals surface area contributed by atoms with Gasteiger partial charge in [-0.2, -0.15) is 0 Å². The van der Waals surface area contributed by atoms with E-state index in [1.807, 2.05) is 0 Å². The molecule has 5 nitrogen and oxygen atoms in total. The van der Waals surface area contributed by atoms with Gasteiger partial charge in [0.1, 0.15) is 0 Å². The Bertz CT molecular complexity index is 179. The number of aliphatic carboxylic acids is 1. The molecule has 90 valence electrons. The van der Waals surface area contributed by atoms with Gasteiger partial charge in [0.25, 0.3) is 0 Å². The molecule has 0 fully saturated rings. The summed E-state index contributed by atoms with van der Waals surface area (Å²) < 4.78 is 10.2. The fourth-order valence-electron chi connectivity index (χ4n) is 0.799. The number of carboxylic acid groups (broad SMARTS) is 1. The minimum absolute atomic E-state index is 0.223. The first-order valence-corrected chi connectivity index (χ1v) is 5.12. The second-order valence-electron chi connectivity index (χ2n) is 3.60. The van der Waals surface area contributed by atoms with Crippen LogP contribution in [0.2, 0.25) is 0 Å². The minimum Gasteiger partial charge on any atom is -0.479 e. The minimum atomic E-state index is -1.82. The molecule has 15 heavy (non-hydrogen) atoms. The Hall–Kier alpha value is -0.650. The van der Waals surface area contributed by atoms with Crippen LogP contribution in [0.5, 0.6) is 0 Å². The topological polar surface area (TPSA) is 76.0 Å². The predicted octanol–water partition coefficient (Wildman–Crippen LogP) is 0.655. The maximum Gasteiger partial charge on any atom is 0.337 e. The molecule has 0 amide bonds. The summed E-state index contributed by atoms with van der Waals surface area (Å²) in [7, 11) is 0. The van der Waals surface area contributed by atoms with E-state index in [2.05, 4.69) is 6.92 Å². The van der Waals surface area contributed by atoms with E-state index in [0.717, 1.165) is 12.8 Å². The average Bonchev–Trinajstić information content (AvgIpc) is 2.16. The highest BCUT2D eigenvalue weighted by molar-refractivity contribution is 5.76. The zero-order valence-electron chi connectivity index (χ0n) is 9.36. The van der Waals surface area contributed by atoms with Crippen molar-refractivity contribution >= 4 is 5.97 Å². The maximum atomic E-state index is 10.5. The van der Waals surface area contributed by atoms with Gasteiger partial charge in [-0.3, -0.25) is 0 Å². The fraction of sp³-hybridized carbons (Fsp3) is 0.900. The number of rotatable bonds is 9. The second-order valence-corrected chi connectivity index (χ2v) is 3.60. The van der Waals surface area contributed by atoms with E-state index in [1.165, 1.54) is 6.92 Å². The Morgan fingerprint density at radius 1 is 1.27 bits per heavy atom. The number of hydrogen-bond acceptors (Lipinski definition) is 4. The van der Waals surface area contributed by atoms with Crippen LogP contribution < -0.4 is 0 Å². The second kappa shape index (κ2) is 7.62. The molecule has 0 saturated carbocycles. The molecule has 2 N–H and O–H groups in total. The zero-order valence-corrected chi connectivity index (χ0v) is 9.36.